The number of rotatable bonds is 4. The third-order valence-corrected chi connectivity index (χ3v) is 1.91. The number of carbonyl (C=O) groups excluding carboxylic acids is 1. The minimum Gasteiger partial charge on any atom is -0.461 e. The third-order valence-electron chi connectivity index (χ3n) is 1.91. The third kappa shape index (κ3) is 2.51. The van der Waals surface area contributed by atoms with Crippen LogP contribution in [0.1, 0.15) is 30.4 Å². The first-order chi connectivity index (χ1) is 7.07. The minimum atomic E-state index is -2.57. The lowest BCUT2D eigenvalue weighted by Gasteiger charge is -2.13. The molecule has 0 radical (unpaired) electrons. The highest BCUT2D eigenvalue weighted by Gasteiger charge is 2.23. The highest BCUT2D eigenvalue weighted by molar-refractivity contribution is 5.87. The van der Waals surface area contributed by atoms with Gasteiger partial charge in [-0.15, -0.1) is 0 Å². The zero-order valence-corrected chi connectivity index (χ0v) is 8.48. The second kappa shape index (κ2) is 4.86. The summed E-state index contributed by atoms with van der Waals surface area (Å²) in [5, 5.41) is 3.68. The number of halogens is 2. The Morgan fingerprint density at radius 3 is 2.87 bits per heavy atom. The molecule has 0 N–H and O–H groups in total. The van der Waals surface area contributed by atoms with Crippen LogP contribution in [-0.2, 0) is 4.74 Å². The number of aromatic nitrogens is 2. The number of carbonyl (C=O) groups is 1. The lowest BCUT2D eigenvalue weighted by molar-refractivity contribution is 0.0481. The Kier molecular flexibility index (Phi) is 3.76. The fourth-order valence-corrected chi connectivity index (χ4v) is 1.11. The quantitative estimate of drug-likeness (QED) is 0.725. The molecule has 1 aromatic rings. The van der Waals surface area contributed by atoms with E-state index < -0.39 is 18.4 Å². The van der Waals surface area contributed by atoms with Gasteiger partial charge in [0.05, 0.1) is 6.61 Å². The van der Waals surface area contributed by atoms with Crippen molar-refractivity contribution in [2.75, 3.05) is 6.61 Å². The topological polar surface area (TPSA) is 44.1 Å². The first-order valence-corrected chi connectivity index (χ1v) is 4.56. The molecule has 0 aliphatic rings. The van der Waals surface area contributed by atoms with Crippen LogP contribution in [0.25, 0.3) is 0 Å². The summed E-state index contributed by atoms with van der Waals surface area (Å²) in [6.07, 6.45) is -1.27. The molecule has 0 aromatic carbocycles. The molecule has 0 aliphatic carbocycles. The Balaban J connectivity index is 2.91. The standard InChI is InChI=1S/C9H12F2N2O2/c1-3-15-9(14)7-4-5-12-13(7)6(2)8(10)11/h4-6,8H,3H2,1-2H3. The van der Waals surface area contributed by atoms with Gasteiger partial charge in [0, 0.05) is 6.20 Å². The molecule has 0 spiro atoms. The van der Waals surface area contributed by atoms with E-state index in [0.717, 1.165) is 4.68 Å². The SMILES string of the molecule is CCOC(=O)c1ccnn1C(C)C(F)F. The molecule has 1 rings (SSSR count). The van der Waals surface area contributed by atoms with Crippen molar-refractivity contribution in [2.24, 2.45) is 0 Å². The van der Waals surface area contributed by atoms with Crippen molar-refractivity contribution < 1.29 is 18.3 Å². The van der Waals surface area contributed by atoms with Crippen molar-refractivity contribution in [3.05, 3.63) is 18.0 Å². The van der Waals surface area contributed by atoms with Crippen LogP contribution in [0.3, 0.4) is 0 Å². The predicted octanol–water partition coefficient (Wildman–Crippen LogP) is 1.89. The van der Waals surface area contributed by atoms with Crippen LogP contribution in [0.15, 0.2) is 12.3 Å². The molecule has 1 aromatic heterocycles. The molecule has 1 unspecified atom stereocenters. The maximum atomic E-state index is 12.4. The van der Waals surface area contributed by atoms with E-state index in [0.29, 0.717) is 0 Å². The molecule has 6 heteroatoms. The van der Waals surface area contributed by atoms with Gasteiger partial charge >= 0.3 is 5.97 Å². The lowest BCUT2D eigenvalue weighted by atomic mass is 10.3. The molecule has 0 aliphatic heterocycles. The zero-order chi connectivity index (χ0) is 11.4. The number of esters is 1. The van der Waals surface area contributed by atoms with E-state index in [9.17, 15) is 13.6 Å². The normalized spacial score (nSPS) is 12.9. The second-order valence-electron chi connectivity index (χ2n) is 2.96. The maximum Gasteiger partial charge on any atom is 0.356 e. The lowest BCUT2D eigenvalue weighted by Crippen LogP contribution is -2.21. The van der Waals surface area contributed by atoms with Gasteiger partial charge in [-0.05, 0) is 19.9 Å². The van der Waals surface area contributed by atoms with E-state index >= 15 is 0 Å². The van der Waals surface area contributed by atoms with Crippen LogP contribution in [0, 0.1) is 0 Å². The highest BCUT2D eigenvalue weighted by Crippen LogP contribution is 2.17. The van der Waals surface area contributed by atoms with Gasteiger partial charge in [-0.3, -0.25) is 0 Å². The van der Waals surface area contributed by atoms with Crippen molar-refractivity contribution >= 4 is 5.97 Å². The summed E-state index contributed by atoms with van der Waals surface area (Å²) in [5.74, 6) is -0.637. The van der Waals surface area contributed by atoms with Gasteiger partial charge in [0.25, 0.3) is 6.43 Å². The zero-order valence-electron chi connectivity index (χ0n) is 8.48. The molecule has 15 heavy (non-hydrogen) atoms. The highest BCUT2D eigenvalue weighted by atomic mass is 19.3. The van der Waals surface area contributed by atoms with E-state index in [1.54, 1.807) is 6.92 Å². The molecule has 1 atom stereocenters. The van der Waals surface area contributed by atoms with Crippen molar-refractivity contribution in [2.45, 2.75) is 26.3 Å². The van der Waals surface area contributed by atoms with Gasteiger partial charge < -0.3 is 4.74 Å². The molecular weight excluding hydrogens is 206 g/mol. The summed E-state index contributed by atoms with van der Waals surface area (Å²) < 4.78 is 30.5. The second-order valence-corrected chi connectivity index (χ2v) is 2.96. The molecular formula is C9H12F2N2O2. The van der Waals surface area contributed by atoms with Crippen molar-refractivity contribution in [1.82, 2.24) is 9.78 Å². The predicted molar refractivity (Wildman–Crippen MR) is 48.9 cm³/mol. The first-order valence-electron chi connectivity index (χ1n) is 4.56. The molecule has 0 fully saturated rings. The van der Waals surface area contributed by atoms with Gasteiger partial charge in [0.15, 0.2) is 0 Å². The van der Waals surface area contributed by atoms with Gasteiger partial charge in [0.2, 0.25) is 0 Å². The largest absolute Gasteiger partial charge is 0.461 e. The molecule has 0 saturated heterocycles. The molecule has 0 saturated carbocycles. The molecule has 4 nitrogen and oxygen atoms in total. The van der Waals surface area contributed by atoms with E-state index in [4.69, 9.17) is 4.74 Å². The fourth-order valence-electron chi connectivity index (χ4n) is 1.11. The van der Waals surface area contributed by atoms with Crippen LogP contribution < -0.4 is 0 Å². The van der Waals surface area contributed by atoms with E-state index in [2.05, 4.69) is 5.10 Å². The van der Waals surface area contributed by atoms with Crippen LogP contribution in [-0.4, -0.2) is 28.8 Å². The Morgan fingerprint density at radius 1 is 1.67 bits per heavy atom. The fraction of sp³-hybridized carbons (Fsp3) is 0.556. The van der Waals surface area contributed by atoms with Crippen molar-refractivity contribution in [3.8, 4) is 0 Å². The summed E-state index contributed by atoms with van der Waals surface area (Å²) in [7, 11) is 0. The van der Waals surface area contributed by atoms with Crippen LogP contribution in [0.2, 0.25) is 0 Å². The summed E-state index contributed by atoms with van der Waals surface area (Å²) in [5.41, 5.74) is 0.0460. The average Bonchev–Trinajstić information content (AvgIpc) is 2.65. The summed E-state index contributed by atoms with van der Waals surface area (Å²) in [4.78, 5) is 11.3. The van der Waals surface area contributed by atoms with E-state index in [1.807, 2.05) is 0 Å². The van der Waals surface area contributed by atoms with Crippen LogP contribution in [0.5, 0.6) is 0 Å². The molecule has 0 amide bonds. The number of ether oxygens (including phenoxy) is 1. The van der Waals surface area contributed by atoms with E-state index in [-0.39, 0.29) is 12.3 Å². The van der Waals surface area contributed by atoms with Crippen LogP contribution >= 0.6 is 0 Å². The minimum absolute atomic E-state index is 0.0460. The summed E-state index contributed by atoms with van der Waals surface area (Å²) >= 11 is 0. The number of hydrogen-bond donors (Lipinski definition) is 0. The van der Waals surface area contributed by atoms with Crippen molar-refractivity contribution in [3.63, 3.8) is 0 Å². The Morgan fingerprint density at radius 2 is 2.33 bits per heavy atom. The maximum absolute atomic E-state index is 12.4. The van der Waals surface area contributed by atoms with Gasteiger partial charge in [-0.25, -0.2) is 18.3 Å². The van der Waals surface area contributed by atoms with Gasteiger partial charge in [-0.1, -0.05) is 0 Å². The number of nitrogens with zero attached hydrogens (tertiary/aromatic N) is 2. The molecule has 84 valence electrons. The number of hydrogen-bond acceptors (Lipinski definition) is 3. The Hall–Kier alpha value is -1.46. The van der Waals surface area contributed by atoms with Gasteiger partial charge in [0.1, 0.15) is 11.7 Å². The van der Waals surface area contributed by atoms with Crippen molar-refractivity contribution in [1.29, 1.82) is 0 Å². The summed E-state index contributed by atoms with van der Waals surface area (Å²) in [6.45, 7) is 3.14. The monoisotopic (exact) mass is 218 g/mol. The molecule has 0 bridgehead atoms. The first kappa shape index (κ1) is 11.6. The van der Waals surface area contributed by atoms with E-state index in [1.165, 1.54) is 19.2 Å². The molecule has 1 heterocycles. The average molecular weight is 218 g/mol. The Bertz CT molecular complexity index is 339. The van der Waals surface area contributed by atoms with Crippen LogP contribution in [0.4, 0.5) is 8.78 Å². The van der Waals surface area contributed by atoms with Gasteiger partial charge in [-0.2, -0.15) is 5.10 Å². The summed E-state index contributed by atoms with van der Waals surface area (Å²) in [6, 6.07) is 0.219. The number of alkyl halides is 2. The smallest absolute Gasteiger partial charge is 0.356 e. The Labute approximate surface area is 85.8 Å².